The molecule has 0 radical (unpaired) electrons. The van der Waals surface area contributed by atoms with Crippen molar-refractivity contribution in [2.45, 2.75) is 44.3 Å². The molecule has 0 aromatic carbocycles. The molecule has 1 rings (SSSR count). The smallest absolute Gasteiger partial charge is 0.339 e. The maximum atomic E-state index is 11.0. The van der Waals surface area contributed by atoms with Gasteiger partial charge in [0.25, 0.3) is 0 Å². The van der Waals surface area contributed by atoms with Gasteiger partial charge < -0.3 is 14.9 Å². The topological polar surface area (TPSA) is 83.8 Å². The van der Waals surface area contributed by atoms with Crippen molar-refractivity contribution in [3.63, 3.8) is 0 Å². The highest BCUT2D eigenvalue weighted by atomic mass is 16.6. The molecule has 5 nitrogen and oxygen atoms in total. The van der Waals surface area contributed by atoms with Gasteiger partial charge in [0.1, 0.15) is 6.10 Å². The number of carbonyl (C=O) groups excluding carboxylic acids is 1. The average Bonchev–Trinajstić information content (AvgIpc) is 2.29. The summed E-state index contributed by atoms with van der Waals surface area (Å²) in [4.78, 5) is 21.7. The number of ether oxygens (including phenoxy) is 1. The van der Waals surface area contributed by atoms with Crippen LogP contribution in [0.4, 0.5) is 0 Å². The molecule has 80 valence electrons. The molecule has 1 heterocycles. The highest BCUT2D eigenvalue weighted by Gasteiger charge is 2.42. The van der Waals surface area contributed by atoms with Gasteiger partial charge in [0.2, 0.25) is 0 Å². The summed E-state index contributed by atoms with van der Waals surface area (Å²) in [5, 5.41) is 18.3. The zero-order valence-electron chi connectivity index (χ0n) is 8.02. The van der Waals surface area contributed by atoms with E-state index in [0.29, 0.717) is 25.7 Å². The monoisotopic (exact) mass is 202 g/mol. The Morgan fingerprint density at radius 3 is 2.79 bits per heavy atom. The molecule has 0 aliphatic carbocycles. The number of cyclic esters (lactones) is 1. The van der Waals surface area contributed by atoms with E-state index < -0.39 is 23.6 Å². The lowest BCUT2D eigenvalue weighted by molar-refractivity contribution is -0.179. The van der Waals surface area contributed by atoms with Gasteiger partial charge in [-0.25, -0.2) is 4.79 Å². The van der Waals surface area contributed by atoms with E-state index in [1.54, 1.807) is 0 Å². The van der Waals surface area contributed by atoms with Crippen molar-refractivity contribution in [1.82, 2.24) is 0 Å². The predicted octanol–water partition coefficient (Wildman–Crippen LogP) is 0.308. The number of hydrogen-bond acceptors (Lipinski definition) is 4. The molecular formula is C9H14O5. The van der Waals surface area contributed by atoms with Gasteiger partial charge >= 0.3 is 11.9 Å². The quantitative estimate of drug-likeness (QED) is 0.629. The molecule has 0 spiro atoms. The lowest BCUT2D eigenvalue weighted by Gasteiger charge is -2.27. The number of carboxylic acids is 1. The minimum absolute atomic E-state index is 0.298. The van der Waals surface area contributed by atoms with E-state index in [-0.39, 0.29) is 0 Å². The van der Waals surface area contributed by atoms with Crippen LogP contribution >= 0.6 is 0 Å². The Bertz CT molecular complexity index is 246. The van der Waals surface area contributed by atoms with Crippen LogP contribution in [0.25, 0.3) is 0 Å². The zero-order chi connectivity index (χ0) is 10.8. The van der Waals surface area contributed by atoms with Gasteiger partial charge in [-0.1, -0.05) is 0 Å². The molecule has 14 heavy (non-hydrogen) atoms. The van der Waals surface area contributed by atoms with Gasteiger partial charge in [-0.2, -0.15) is 0 Å². The Labute approximate surface area is 81.7 Å². The third-order valence-electron chi connectivity index (χ3n) is 2.43. The number of carbonyl (C=O) groups is 2. The molecule has 0 aromatic heterocycles. The summed E-state index contributed by atoms with van der Waals surface area (Å²) >= 11 is 0. The number of aliphatic carboxylic acids is 1. The van der Waals surface area contributed by atoms with Crippen LogP contribution in [0.2, 0.25) is 0 Å². The predicted molar refractivity (Wildman–Crippen MR) is 46.6 cm³/mol. The first-order valence-corrected chi connectivity index (χ1v) is 4.60. The third kappa shape index (κ3) is 2.23. The lowest BCUT2D eigenvalue weighted by Crippen LogP contribution is -2.48. The summed E-state index contributed by atoms with van der Waals surface area (Å²) in [7, 11) is 0. The maximum absolute atomic E-state index is 11.0. The Balaban J connectivity index is 2.74. The zero-order valence-corrected chi connectivity index (χ0v) is 8.02. The molecule has 1 aliphatic heterocycles. The summed E-state index contributed by atoms with van der Waals surface area (Å²) < 4.78 is 4.87. The van der Waals surface area contributed by atoms with Crippen molar-refractivity contribution >= 4 is 11.9 Å². The van der Waals surface area contributed by atoms with Crippen molar-refractivity contribution in [3.05, 3.63) is 0 Å². The maximum Gasteiger partial charge on any atom is 0.339 e. The Morgan fingerprint density at radius 1 is 1.57 bits per heavy atom. The van der Waals surface area contributed by atoms with Crippen LogP contribution < -0.4 is 0 Å². The number of rotatable bonds is 2. The summed E-state index contributed by atoms with van der Waals surface area (Å²) in [5.74, 6) is -1.80. The second-order valence-electron chi connectivity index (χ2n) is 3.68. The van der Waals surface area contributed by atoms with Gasteiger partial charge in [-0.05, 0) is 26.2 Å². The molecule has 2 N–H and O–H groups in total. The molecule has 2 atom stereocenters. The molecule has 1 aliphatic rings. The number of aliphatic hydroxyl groups is 1. The van der Waals surface area contributed by atoms with E-state index in [1.165, 1.54) is 0 Å². The SMILES string of the molecule is CC(O)(C(=O)O)C1CCCCC(=O)O1. The molecule has 0 saturated carbocycles. The largest absolute Gasteiger partial charge is 0.479 e. The highest BCUT2D eigenvalue weighted by molar-refractivity contribution is 5.78. The minimum Gasteiger partial charge on any atom is -0.479 e. The van der Waals surface area contributed by atoms with E-state index in [0.717, 1.165) is 6.92 Å². The molecule has 0 bridgehead atoms. The molecule has 1 saturated heterocycles. The van der Waals surface area contributed by atoms with Gasteiger partial charge in [0, 0.05) is 6.42 Å². The fourth-order valence-electron chi connectivity index (χ4n) is 1.41. The van der Waals surface area contributed by atoms with E-state index >= 15 is 0 Å². The minimum atomic E-state index is -1.99. The van der Waals surface area contributed by atoms with Crippen LogP contribution in [0, 0.1) is 0 Å². The third-order valence-corrected chi connectivity index (χ3v) is 2.43. The van der Waals surface area contributed by atoms with Crippen LogP contribution in [0.3, 0.4) is 0 Å². The summed E-state index contributed by atoms with van der Waals surface area (Å²) in [6.07, 6.45) is 1.14. The molecular weight excluding hydrogens is 188 g/mol. The standard InChI is InChI=1S/C9H14O5/c1-9(13,8(11)12)6-4-2-3-5-7(10)14-6/h6,13H,2-5H2,1H3,(H,11,12). The van der Waals surface area contributed by atoms with Gasteiger partial charge in [0.05, 0.1) is 0 Å². The lowest BCUT2D eigenvalue weighted by atomic mass is 9.95. The van der Waals surface area contributed by atoms with Crippen LogP contribution in [0.5, 0.6) is 0 Å². The van der Waals surface area contributed by atoms with Crippen molar-refractivity contribution in [1.29, 1.82) is 0 Å². The molecule has 0 aromatic rings. The van der Waals surface area contributed by atoms with Crippen LogP contribution in [-0.4, -0.2) is 33.9 Å². The molecule has 2 unspecified atom stereocenters. The summed E-state index contributed by atoms with van der Waals surface area (Å²) in [5.41, 5.74) is -1.99. The van der Waals surface area contributed by atoms with Gasteiger partial charge in [-0.3, -0.25) is 4.79 Å². The highest BCUT2D eigenvalue weighted by Crippen LogP contribution is 2.23. The fourth-order valence-corrected chi connectivity index (χ4v) is 1.41. The Kier molecular flexibility index (Phi) is 3.10. The average molecular weight is 202 g/mol. The van der Waals surface area contributed by atoms with Crippen molar-refractivity contribution in [2.24, 2.45) is 0 Å². The molecule has 1 fully saturated rings. The molecule has 0 amide bonds. The number of carboxylic acid groups (broad SMARTS) is 1. The second-order valence-corrected chi connectivity index (χ2v) is 3.68. The van der Waals surface area contributed by atoms with Crippen molar-refractivity contribution in [2.75, 3.05) is 0 Å². The first kappa shape index (κ1) is 11.0. The Morgan fingerprint density at radius 2 is 2.21 bits per heavy atom. The van der Waals surface area contributed by atoms with E-state index in [2.05, 4.69) is 0 Å². The summed E-state index contributed by atoms with van der Waals surface area (Å²) in [6.45, 7) is 1.15. The van der Waals surface area contributed by atoms with E-state index in [9.17, 15) is 14.7 Å². The number of esters is 1. The van der Waals surface area contributed by atoms with Crippen LogP contribution in [-0.2, 0) is 14.3 Å². The molecule has 5 heteroatoms. The first-order valence-electron chi connectivity index (χ1n) is 4.60. The Hall–Kier alpha value is -1.10. The van der Waals surface area contributed by atoms with Gasteiger partial charge in [-0.15, -0.1) is 0 Å². The first-order chi connectivity index (χ1) is 6.44. The van der Waals surface area contributed by atoms with Crippen molar-refractivity contribution < 1.29 is 24.5 Å². The van der Waals surface area contributed by atoms with E-state index in [1.807, 2.05) is 0 Å². The number of hydrogen-bond donors (Lipinski definition) is 2. The fraction of sp³-hybridized carbons (Fsp3) is 0.778. The normalized spacial score (nSPS) is 27.3. The van der Waals surface area contributed by atoms with Crippen LogP contribution in [0.15, 0.2) is 0 Å². The van der Waals surface area contributed by atoms with Crippen LogP contribution in [0.1, 0.15) is 32.6 Å². The van der Waals surface area contributed by atoms with Gasteiger partial charge in [0.15, 0.2) is 5.60 Å². The van der Waals surface area contributed by atoms with E-state index in [4.69, 9.17) is 9.84 Å². The summed E-state index contributed by atoms with van der Waals surface area (Å²) in [6, 6.07) is 0. The second kappa shape index (κ2) is 3.96. The van der Waals surface area contributed by atoms with Crippen molar-refractivity contribution in [3.8, 4) is 0 Å².